The molecule has 1 atom stereocenters. The number of benzene rings is 1. The smallest absolute Gasteiger partial charge is 0.225 e. The summed E-state index contributed by atoms with van der Waals surface area (Å²) >= 11 is 0. The summed E-state index contributed by atoms with van der Waals surface area (Å²) in [6.07, 6.45) is 0.554. The molecule has 1 aromatic rings. The average molecular weight is 304 g/mol. The zero-order chi connectivity index (χ0) is 16.5. The molecule has 0 aromatic heterocycles. The first-order valence-electron chi connectivity index (χ1n) is 7.64. The Balaban J connectivity index is 2.35. The van der Waals surface area contributed by atoms with Crippen LogP contribution < -0.4 is 0 Å². The van der Waals surface area contributed by atoms with E-state index in [4.69, 9.17) is 4.74 Å². The van der Waals surface area contributed by atoms with Crippen molar-refractivity contribution >= 4 is 5.91 Å². The van der Waals surface area contributed by atoms with Gasteiger partial charge in [0.1, 0.15) is 6.61 Å². The highest BCUT2D eigenvalue weighted by molar-refractivity contribution is 5.78. The molecule has 0 heterocycles. The average Bonchev–Trinajstić information content (AvgIpc) is 2.50. The third kappa shape index (κ3) is 6.76. The topological polar surface area (TPSA) is 32.8 Å². The summed E-state index contributed by atoms with van der Waals surface area (Å²) in [5.41, 5.74) is 1.10. The summed E-state index contributed by atoms with van der Waals surface area (Å²) in [6, 6.07) is 9.96. The molecule has 22 heavy (non-hydrogen) atoms. The molecule has 0 aliphatic rings. The number of nitrogens with zero attached hydrogens (tertiary/aromatic N) is 2. The molecule has 0 aliphatic heterocycles. The number of carbonyl (C=O) groups is 1. The molecule has 0 fully saturated rings. The number of hydrogen-bond donors (Lipinski definition) is 0. The minimum atomic E-state index is -0.115. The third-order valence-corrected chi connectivity index (χ3v) is 3.50. The highest BCUT2D eigenvalue weighted by Gasteiger charge is 2.18. The summed E-state index contributed by atoms with van der Waals surface area (Å²) in [5.74, 6) is 0.674. The monoisotopic (exact) mass is 304 g/mol. The number of ether oxygens (including phenoxy) is 1. The minimum Gasteiger partial charge on any atom is -0.494 e. The fourth-order valence-corrected chi connectivity index (χ4v) is 2.08. The third-order valence-electron chi connectivity index (χ3n) is 3.50. The van der Waals surface area contributed by atoms with Crippen LogP contribution in [0.1, 0.15) is 18.9 Å². The van der Waals surface area contributed by atoms with Crippen molar-refractivity contribution in [1.82, 2.24) is 9.80 Å². The molecule has 1 rings (SSSR count). The van der Waals surface area contributed by atoms with E-state index in [0.717, 1.165) is 18.7 Å². The number of amides is 1. The Morgan fingerprint density at radius 1 is 1.18 bits per heavy atom. The van der Waals surface area contributed by atoms with Gasteiger partial charge >= 0.3 is 0 Å². The molecule has 0 saturated heterocycles. The maximum atomic E-state index is 12.3. The molecule has 0 spiro atoms. The second kappa shape index (κ2) is 9.26. The predicted molar refractivity (Wildman–Crippen MR) is 90.3 cm³/mol. The first-order chi connectivity index (χ1) is 10.4. The van der Waals surface area contributed by atoms with E-state index in [9.17, 15) is 4.79 Å². The Morgan fingerprint density at radius 2 is 1.82 bits per heavy atom. The van der Waals surface area contributed by atoms with Gasteiger partial charge in [-0.05, 0) is 19.7 Å². The van der Waals surface area contributed by atoms with Crippen molar-refractivity contribution in [2.24, 2.45) is 5.92 Å². The first kappa shape index (κ1) is 18.2. The van der Waals surface area contributed by atoms with Gasteiger partial charge in [-0.3, -0.25) is 4.79 Å². The van der Waals surface area contributed by atoms with Crippen molar-refractivity contribution in [3.05, 3.63) is 48.2 Å². The van der Waals surface area contributed by atoms with E-state index in [-0.39, 0.29) is 11.8 Å². The molecule has 0 saturated carbocycles. The quantitative estimate of drug-likeness (QED) is 0.658. The van der Waals surface area contributed by atoms with Crippen molar-refractivity contribution < 1.29 is 9.53 Å². The summed E-state index contributed by atoms with van der Waals surface area (Å²) in [5, 5.41) is 0. The second-order valence-corrected chi connectivity index (χ2v) is 5.98. The maximum Gasteiger partial charge on any atom is 0.225 e. The highest BCUT2D eigenvalue weighted by Crippen LogP contribution is 2.15. The molecule has 0 aliphatic carbocycles. The molecule has 0 bridgehead atoms. The van der Waals surface area contributed by atoms with Crippen LogP contribution in [0.3, 0.4) is 0 Å². The Hall–Kier alpha value is -1.81. The molecule has 0 N–H and O–H groups in total. The Bertz CT molecular complexity index is 471. The molecule has 4 heteroatoms. The number of rotatable bonds is 9. The zero-order valence-corrected chi connectivity index (χ0v) is 14.2. The van der Waals surface area contributed by atoms with Crippen LogP contribution in [0.25, 0.3) is 0 Å². The van der Waals surface area contributed by atoms with Crippen LogP contribution in [0.4, 0.5) is 0 Å². The van der Waals surface area contributed by atoms with Crippen molar-refractivity contribution in [3.8, 4) is 0 Å². The van der Waals surface area contributed by atoms with E-state index >= 15 is 0 Å². The van der Waals surface area contributed by atoms with Crippen LogP contribution in [0, 0.1) is 5.92 Å². The molecule has 122 valence electrons. The van der Waals surface area contributed by atoms with Crippen LogP contribution in [0.15, 0.2) is 42.7 Å². The lowest BCUT2D eigenvalue weighted by molar-refractivity contribution is -0.134. The van der Waals surface area contributed by atoms with E-state index in [2.05, 4.69) is 11.5 Å². The number of hydrogen-bond acceptors (Lipinski definition) is 3. The van der Waals surface area contributed by atoms with Gasteiger partial charge in [-0.2, -0.15) is 0 Å². The molecule has 1 aromatic carbocycles. The largest absolute Gasteiger partial charge is 0.494 e. The molecule has 0 radical (unpaired) electrons. The van der Waals surface area contributed by atoms with Gasteiger partial charge in [0.25, 0.3) is 0 Å². The summed E-state index contributed by atoms with van der Waals surface area (Å²) < 4.78 is 5.65. The van der Waals surface area contributed by atoms with Crippen molar-refractivity contribution in [2.45, 2.75) is 20.0 Å². The van der Waals surface area contributed by atoms with Crippen LogP contribution >= 0.6 is 0 Å². The standard InChI is InChI=1S/C18H28N2O2/c1-15(18(21)20(5)12-11-19(3)4)13-16(2)22-14-17-9-7-6-8-10-17/h6-10,15H,2,11-14H2,1,3-5H3/t15-/m0/s1. The molecular weight excluding hydrogens is 276 g/mol. The van der Waals surface area contributed by atoms with E-state index in [1.54, 1.807) is 4.90 Å². The van der Waals surface area contributed by atoms with Crippen LogP contribution in [-0.4, -0.2) is 49.9 Å². The Morgan fingerprint density at radius 3 is 2.41 bits per heavy atom. The maximum absolute atomic E-state index is 12.3. The van der Waals surface area contributed by atoms with Crippen LogP contribution in [0.2, 0.25) is 0 Å². The highest BCUT2D eigenvalue weighted by atomic mass is 16.5. The number of likely N-dealkylation sites (N-methyl/N-ethyl adjacent to an activating group) is 2. The lowest BCUT2D eigenvalue weighted by Crippen LogP contribution is -2.36. The second-order valence-electron chi connectivity index (χ2n) is 5.98. The molecule has 4 nitrogen and oxygen atoms in total. The fourth-order valence-electron chi connectivity index (χ4n) is 2.08. The zero-order valence-electron chi connectivity index (χ0n) is 14.2. The summed E-state index contributed by atoms with van der Waals surface area (Å²) in [6.45, 7) is 7.93. The lowest BCUT2D eigenvalue weighted by Gasteiger charge is -2.23. The van der Waals surface area contributed by atoms with Gasteiger partial charge in [-0.25, -0.2) is 0 Å². The van der Waals surface area contributed by atoms with Gasteiger partial charge in [0.15, 0.2) is 0 Å². The van der Waals surface area contributed by atoms with Gasteiger partial charge in [-0.1, -0.05) is 43.8 Å². The number of allylic oxidation sites excluding steroid dienone is 1. The normalized spacial score (nSPS) is 12.0. The van der Waals surface area contributed by atoms with Crippen molar-refractivity contribution in [3.63, 3.8) is 0 Å². The molecule has 1 amide bonds. The number of carbonyl (C=O) groups excluding carboxylic acids is 1. The van der Waals surface area contributed by atoms with Gasteiger partial charge < -0.3 is 14.5 Å². The van der Waals surface area contributed by atoms with E-state index < -0.39 is 0 Å². The van der Waals surface area contributed by atoms with Crippen molar-refractivity contribution in [1.29, 1.82) is 0 Å². The van der Waals surface area contributed by atoms with Gasteiger partial charge in [0, 0.05) is 32.5 Å². The fraction of sp³-hybridized carbons (Fsp3) is 0.500. The van der Waals surface area contributed by atoms with E-state index in [1.165, 1.54) is 0 Å². The SMILES string of the molecule is C=C(C[C@H](C)C(=O)N(C)CCN(C)C)OCc1ccccc1. The lowest BCUT2D eigenvalue weighted by atomic mass is 10.1. The minimum absolute atomic E-state index is 0.115. The first-order valence-corrected chi connectivity index (χ1v) is 7.64. The Kier molecular flexibility index (Phi) is 7.67. The van der Waals surface area contributed by atoms with Crippen molar-refractivity contribution in [2.75, 3.05) is 34.2 Å². The summed E-state index contributed by atoms with van der Waals surface area (Å²) in [7, 11) is 5.85. The van der Waals surface area contributed by atoms with Crippen LogP contribution in [0.5, 0.6) is 0 Å². The van der Waals surface area contributed by atoms with Crippen LogP contribution in [-0.2, 0) is 16.1 Å². The summed E-state index contributed by atoms with van der Waals surface area (Å²) in [4.78, 5) is 16.1. The predicted octanol–water partition coefficient (Wildman–Crippen LogP) is 2.76. The van der Waals surface area contributed by atoms with Gasteiger partial charge in [-0.15, -0.1) is 0 Å². The van der Waals surface area contributed by atoms with E-state index in [1.807, 2.05) is 58.4 Å². The van der Waals surface area contributed by atoms with Gasteiger partial charge in [0.05, 0.1) is 5.76 Å². The van der Waals surface area contributed by atoms with E-state index in [0.29, 0.717) is 18.8 Å². The Labute approximate surface area is 134 Å². The molecular formula is C18H28N2O2. The molecule has 0 unspecified atom stereocenters. The van der Waals surface area contributed by atoms with Gasteiger partial charge in [0.2, 0.25) is 5.91 Å².